The lowest BCUT2D eigenvalue weighted by Crippen LogP contribution is -2.22. The highest BCUT2D eigenvalue weighted by molar-refractivity contribution is 6.30. The molecule has 1 unspecified atom stereocenters. The molecule has 0 bridgehead atoms. The quantitative estimate of drug-likeness (QED) is 0.697. The van der Waals surface area contributed by atoms with Gasteiger partial charge in [-0.3, -0.25) is 4.79 Å². The number of anilines is 1. The van der Waals surface area contributed by atoms with E-state index in [0.717, 1.165) is 17.5 Å². The van der Waals surface area contributed by atoms with E-state index in [4.69, 9.17) is 11.6 Å². The lowest BCUT2D eigenvalue weighted by molar-refractivity contribution is -0.117. The fourth-order valence-corrected chi connectivity index (χ4v) is 2.92. The van der Waals surface area contributed by atoms with Crippen LogP contribution >= 0.6 is 11.6 Å². The number of halogens is 1. The Balaban J connectivity index is 1.74. The predicted octanol–water partition coefficient (Wildman–Crippen LogP) is 4.72. The Labute approximate surface area is 152 Å². The van der Waals surface area contributed by atoms with Crippen molar-refractivity contribution in [3.8, 4) is 0 Å². The van der Waals surface area contributed by atoms with Crippen molar-refractivity contribution in [1.82, 2.24) is 9.78 Å². The Bertz CT molecular complexity index is 828. The average molecular weight is 354 g/mol. The van der Waals surface area contributed by atoms with Crippen molar-refractivity contribution in [2.24, 2.45) is 0 Å². The minimum atomic E-state index is -0.180. The zero-order valence-electron chi connectivity index (χ0n) is 14.0. The lowest BCUT2D eigenvalue weighted by Gasteiger charge is -2.16. The standard InChI is InChI=1S/C20H20ClN3O/c1-2-18(16-6-4-3-5-7-16)20(25)23-19-12-13-22-24(19)14-15-8-10-17(21)11-9-15/h3-13,18H,2,14H2,1H3,(H,23,25). The van der Waals surface area contributed by atoms with Gasteiger partial charge in [0.1, 0.15) is 5.82 Å². The second-order valence-corrected chi connectivity index (χ2v) is 6.30. The van der Waals surface area contributed by atoms with Gasteiger partial charge in [-0.2, -0.15) is 5.10 Å². The van der Waals surface area contributed by atoms with Crippen LogP contribution in [0.25, 0.3) is 0 Å². The number of rotatable bonds is 6. The molecular weight excluding hydrogens is 334 g/mol. The van der Waals surface area contributed by atoms with Gasteiger partial charge in [0.25, 0.3) is 0 Å². The van der Waals surface area contributed by atoms with Gasteiger partial charge in [0.2, 0.25) is 5.91 Å². The smallest absolute Gasteiger partial charge is 0.233 e. The van der Waals surface area contributed by atoms with E-state index < -0.39 is 0 Å². The zero-order chi connectivity index (χ0) is 17.6. The van der Waals surface area contributed by atoms with Gasteiger partial charge in [-0.15, -0.1) is 0 Å². The first-order valence-corrected chi connectivity index (χ1v) is 8.67. The second-order valence-electron chi connectivity index (χ2n) is 5.86. The minimum Gasteiger partial charge on any atom is -0.310 e. The molecule has 1 N–H and O–H groups in total. The van der Waals surface area contributed by atoms with Gasteiger partial charge < -0.3 is 5.32 Å². The molecular formula is C20H20ClN3O. The highest BCUT2D eigenvalue weighted by Crippen LogP contribution is 2.22. The Morgan fingerprint density at radius 1 is 1.12 bits per heavy atom. The topological polar surface area (TPSA) is 46.9 Å². The highest BCUT2D eigenvalue weighted by Gasteiger charge is 2.19. The fourth-order valence-electron chi connectivity index (χ4n) is 2.80. The summed E-state index contributed by atoms with van der Waals surface area (Å²) in [5, 5.41) is 8.02. The van der Waals surface area contributed by atoms with Gasteiger partial charge in [-0.25, -0.2) is 4.68 Å². The molecule has 3 aromatic rings. The third-order valence-electron chi connectivity index (χ3n) is 4.14. The van der Waals surface area contributed by atoms with Crippen molar-refractivity contribution >= 4 is 23.3 Å². The Morgan fingerprint density at radius 3 is 2.52 bits per heavy atom. The number of carbonyl (C=O) groups excluding carboxylic acids is 1. The number of benzene rings is 2. The van der Waals surface area contributed by atoms with E-state index in [1.54, 1.807) is 10.9 Å². The summed E-state index contributed by atoms with van der Waals surface area (Å²) >= 11 is 5.92. The Kier molecular flexibility index (Phi) is 5.51. The van der Waals surface area contributed by atoms with Crippen molar-refractivity contribution < 1.29 is 4.79 Å². The van der Waals surface area contributed by atoms with Gasteiger partial charge in [-0.05, 0) is 29.7 Å². The van der Waals surface area contributed by atoms with E-state index in [-0.39, 0.29) is 11.8 Å². The first-order valence-electron chi connectivity index (χ1n) is 8.29. The van der Waals surface area contributed by atoms with Crippen LogP contribution in [-0.2, 0) is 11.3 Å². The lowest BCUT2D eigenvalue weighted by atomic mass is 9.96. The number of nitrogens with zero attached hydrogens (tertiary/aromatic N) is 2. The first-order chi connectivity index (χ1) is 12.2. The summed E-state index contributed by atoms with van der Waals surface area (Å²) in [6.45, 7) is 2.59. The van der Waals surface area contributed by atoms with E-state index in [1.165, 1.54) is 0 Å². The van der Waals surface area contributed by atoms with Crippen LogP contribution in [-0.4, -0.2) is 15.7 Å². The van der Waals surface area contributed by atoms with Crippen LogP contribution < -0.4 is 5.32 Å². The summed E-state index contributed by atoms with van der Waals surface area (Å²) in [6, 6.07) is 19.2. The number of nitrogens with one attached hydrogen (secondary N) is 1. The Morgan fingerprint density at radius 2 is 1.84 bits per heavy atom. The van der Waals surface area contributed by atoms with Crippen molar-refractivity contribution in [1.29, 1.82) is 0 Å². The zero-order valence-corrected chi connectivity index (χ0v) is 14.8. The van der Waals surface area contributed by atoms with E-state index >= 15 is 0 Å². The molecule has 1 atom stereocenters. The molecule has 0 aliphatic carbocycles. The minimum absolute atomic E-state index is 0.0217. The van der Waals surface area contributed by atoms with E-state index in [0.29, 0.717) is 17.4 Å². The number of amides is 1. The van der Waals surface area contributed by atoms with Crippen LogP contribution in [0.2, 0.25) is 5.02 Å². The van der Waals surface area contributed by atoms with Crippen LogP contribution in [0, 0.1) is 0 Å². The van der Waals surface area contributed by atoms with E-state index in [9.17, 15) is 4.79 Å². The van der Waals surface area contributed by atoms with Gasteiger partial charge in [0.15, 0.2) is 0 Å². The molecule has 25 heavy (non-hydrogen) atoms. The largest absolute Gasteiger partial charge is 0.310 e. The van der Waals surface area contributed by atoms with Gasteiger partial charge in [0, 0.05) is 11.1 Å². The third kappa shape index (κ3) is 4.28. The summed E-state index contributed by atoms with van der Waals surface area (Å²) in [4.78, 5) is 12.7. The summed E-state index contributed by atoms with van der Waals surface area (Å²) in [7, 11) is 0. The van der Waals surface area contributed by atoms with Gasteiger partial charge in [0.05, 0.1) is 18.7 Å². The molecule has 1 heterocycles. The maximum Gasteiger partial charge on any atom is 0.233 e. The van der Waals surface area contributed by atoms with Crippen molar-refractivity contribution in [2.45, 2.75) is 25.8 Å². The first kappa shape index (κ1) is 17.2. The molecule has 0 saturated carbocycles. The van der Waals surface area contributed by atoms with E-state index in [1.807, 2.05) is 67.6 Å². The van der Waals surface area contributed by atoms with E-state index in [2.05, 4.69) is 10.4 Å². The molecule has 2 aromatic carbocycles. The molecule has 0 radical (unpaired) electrons. The summed E-state index contributed by atoms with van der Waals surface area (Å²) < 4.78 is 1.78. The molecule has 1 aromatic heterocycles. The van der Waals surface area contributed by atoms with Gasteiger partial charge in [-0.1, -0.05) is 61.0 Å². The van der Waals surface area contributed by atoms with Crippen LogP contribution in [0.4, 0.5) is 5.82 Å². The molecule has 0 spiro atoms. The summed E-state index contributed by atoms with van der Waals surface area (Å²) in [5.74, 6) is 0.487. The molecule has 0 saturated heterocycles. The molecule has 4 nitrogen and oxygen atoms in total. The molecule has 0 aliphatic heterocycles. The monoisotopic (exact) mass is 353 g/mol. The van der Waals surface area contributed by atoms with Crippen LogP contribution in [0.1, 0.15) is 30.4 Å². The molecule has 0 fully saturated rings. The normalized spacial score (nSPS) is 11.9. The molecule has 3 rings (SSSR count). The third-order valence-corrected chi connectivity index (χ3v) is 4.39. The number of aromatic nitrogens is 2. The van der Waals surface area contributed by atoms with Crippen molar-refractivity contribution in [2.75, 3.05) is 5.32 Å². The van der Waals surface area contributed by atoms with Crippen LogP contribution in [0.15, 0.2) is 66.9 Å². The second kappa shape index (κ2) is 7.99. The van der Waals surface area contributed by atoms with Crippen molar-refractivity contribution in [3.05, 3.63) is 83.0 Å². The molecule has 128 valence electrons. The fraction of sp³-hybridized carbons (Fsp3) is 0.200. The summed E-state index contributed by atoms with van der Waals surface area (Å²) in [6.07, 6.45) is 2.43. The SMILES string of the molecule is CCC(C(=O)Nc1ccnn1Cc1ccc(Cl)cc1)c1ccccc1. The maximum atomic E-state index is 12.7. The highest BCUT2D eigenvalue weighted by atomic mass is 35.5. The van der Waals surface area contributed by atoms with Crippen LogP contribution in [0.3, 0.4) is 0 Å². The summed E-state index contributed by atoms with van der Waals surface area (Å²) in [5.41, 5.74) is 2.09. The number of hydrogen-bond acceptors (Lipinski definition) is 2. The molecule has 1 amide bonds. The maximum absolute atomic E-state index is 12.7. The van der Waals surface area contributed by atoms with Crippen molar-refractivity contribution in [3.63, 3.8) is 0 Å². The molecule has 0 aliphatic rings. The predicted molar refractivity (Wildman–Crippen MR) is 101 cm³/mol. The van der Waals surface area contributed by atoms with Crippen LogP contribution in [0.5, 0.6) is 0 Å². The number of carbonyl (C=O) groups is 1. The number of hydrogen-bond donors (Lipinski definition) is 1. The average Bonchev–Trinajstić information content (AvgIpc) is 3.05. The Hall–Kier alpha value is -2.59. The van der Waals surface area contributed by atoms with Gasteiger partial charge >= 0.3 is 0 Å². The molecule has 5 heteroatoms.